The van der Waals surface area contributed by atoms with Crippen LogP contribution in [0.4, 0.5) is 4.79 Å². The van der Waals surface area contributed by atoms with Crippen LogP contribution >= 0.6 is 12.6 Å². The summed E-state index contributed by atoms with van der Waals surface area (Å²) in [6, 6.07) is -0.812. The zero-order valence-electron chi connectivity index (χ0n) is 9.11. The lowest BCUT2D eigenvalue weighted by atomic mass is 10.2. The maximum absolute atomic E-state index is 11.2. The molecule has 0 rings (SSSR count). The summed E-state index contributed by atoms with van der Waals surface area (Å²) in [6.07, 6.45) is -0.691. The molecule has 0 bridgehead atoms. The van der Waals surface area contributed by atoms with Crippen molar-refractivity contribution >= 4 is 24.5 Å². The zero-order valence-corrected chi connectivity index (χ0v) is 10.0. The van der Waals surface area contributed by atoms with Gasteiger partial charge in [0, 0.05) is 5.75 Å². The van der Waals surface area contributed by atoms with Crippen LogP contribution in [0.15, 0.2) is 0 Å². The van der Waals surface area contributed by atoms with E-state index in [0.29, 0.717) is 0 Å². The first-order valence-corrected chi connectivity index (χ1v) is 5.17. The number of rotatable bonds is 4. The van der Waals surface area contributed by atoms with E-state index in [1.54, 1.807) is 20.8 Å². The summed E-state index contributed by atoms with van der Waals surface area (Å²) in [7, 11) is 0. The number of nitrogens with one attached hydrogen (secondary N) is 1. The van der Waals surface area contributed by atoms with E-state index >= 15 is 0 Å². The highest BCUT2D eigenvalue weighted by molar-refractivity contribution is 7.80. The molecule has 88 valence electrons. The minimum absolute atomic E-state index is 0.124. The average molecular weight is 235 g/mol. The second-order valence-corrected chi connectivity index (χ2v) is 4.37. The van der Waals surface area contributed by atoms with E-state index in [-0.39, 0.29) is 5.75 Å². The molecule has 0 radical (unpaired) electrons. The SMILES string of the molecule is CC(C)(C)OC(=O)N[C@@H](CS)C(=O)CO. The van der Waals surface area contributed by atoms with Gasteiger partial charge >= 0.3 is 6.09 Å². The second kappa shape index (κ2) is 5.97. The van der Waals surface area contributed by atoms with E-state index < -0.39 is 30.1 Å². The summed E-state index contributed by atoms with van der Waals surface area (Å²) in [5, 5.41) is 10.9. The monoisotopic (exact) mass is 235 g/mol. The maximum Gasteiger partial charge on any atom is 0.408 e. The second-order valence-electron chi connectivity index (χ2n) is 4.01. The lowest BCUT2D eigenvalue weighted by molar-refractivity contribution is -0.123. The number of amides is 1. The number of aliphatic hydroxyl groups excluding tert-OH is 1. The molecule has 5 nitrogen and oxygen atoms in total. The van der Waals surface area contributed by atoms with Gasteiger partial charge in [0.1, 0.15) is 18.2 Å². The van der Waals surface area contributed by atoms with Crippen molar-refractivity contribution in [1.82, 2.24) is 5.32 Å². The minimum atomic E-state index is -0.812. The van der Waals surface area contributed by atoms with Crippen LogP contribution in [0.1, 0.15) is 20.8 Å². The molecule has 1 atom stereocenters. The summed E-state index contributed by atoms with van der Waals surface area (Å²) >= 11 is 3.89. The zero-order chi connectivity index (χ0) is 12.1. The predicted molar refractivity (Wildman–Crippen MR) is 59.1 cm³/mol. The van der Waals surface area contributed by atoms with Gasteiger partial charge in [0.2, 0.25) is 0 Å². The Labute approximate surface area is 94.6 Å². The first-order valence-electron chi connectivity index (χ1n) is 4.54. The van der Waals surface area contributed by atoms with E-state index in [9.17, 15) is 9.59 Å². The number of alkyl carbamates (subject to hydrolysis) is 1. The highest BCUT2D eigenvalue weighted by Gasteiger charge is 2.22. The number of carbonyl (C=O) groups excluding carboxylic acids is 2. The highest BCUT2D eigenvalue weighted by Crippen LogP contribution is 2.06. The summed E-state index contributed by atoms with van der Waals surface area (Å²) in [4.78, 5) is 22.3. The fraction of sp³-hybridized carbons (Fsp3) is 0.778. The third kappa shape index (κ3) is 6.35. The van der Waals surface area contributed by atoms with Gasteiger partial charge in [-0.25, -0.2) is 4.79 Å². The molecule has 0 spiro atoms. The van der Waals surface area contributed by atoms with Crippen molar-refractivity contribution in [2.75, 3.05) is 12.4 Å². The highest BCUT2D eigenvalue weighted by atomic mass is 32.1. The molecule has 0 aliphatic heterocycles. The largest absolute Gasteiger partial charge is 0.444 e. The topological polar surface area (TPSA) is 75.6 Å². The number of ether oxygens (including phenoxy) is 1. The van der Waals surface area contributed by atoms with Crippen LogP contribution in [0, 0.1) is 0 Å². The van der Waals surface area contributed by atoms with Gasteiger partial charge in [-0.3, -0.25) is 4.79 Å². The van der Waals surface area contributed by atoms with Gasteiger partial charge in [0.15, 0.2) is 5.78 Å². The van der Waals surface area contributed by atoms with E-state index in [0.717, 1.165) is 0 Å². The van der Waals surface area contributed by atoms with Crippen molar-refractivity contribution in [3.05, 3.63) is 0 Å². The number of Topliss-reactive ketones (excluding diaryl/α,β-unsaturated/α-hetero) is 1. The number of ketones is 1. The molecule has 0 aromatic rings. The molecule has 0 aliphatic rings. The van der Waals surface area contributed by atoms with Crippen molar-refractivity contribution in [1.29, 1.82) is 0 Å². The van der Waals surface area contributed by atoms with E-state index in [1.165, 1.54) is 0 Å². The van der Waals surface area contributed by atoms with Crippen molar-refractivity contribution in [2.45, 2.75) is 32.4 Å². The normalized spacial score (nSPS) is 13.1. The predicted octanol–water partition coefficient (Wildman–Crippen LogP) is 0.371. The first-order chi connectivity index (χ1) is 6.80. The van der Waals surface area contributed by atoms with E-state index in [4.69, 9.17) is 9.84 Å². The standard InChI is InChI=1S/C9H17NO4S/c1-9(2,3)14-8(13)10-6(5-15)7(12)4-11/h6,11,15H,4-5H2,1-3H3,(H,10,13)/t6-/m0/s1. The van der Waals surface area contributed by atoms with Gasteiger partial charge in [-0.05, 0) is 20.8 Å². The Kier molecular flexibility index (Phi) is 5.67. The Balaban J connectivity index is 4.20. The molecule has 0 saturated carbocycles. The summed E-state index contributed by atoms with van der Waals surface area (Å²) in [6.45, 7) is 4.53. The fourth-order valence-electron chi connectivity index (χ4n) is 0.788. The molecule has 0 unspecified atom stereocenters. The van der Waals surface area contributed by atoms with Crippen molar-refractivity contribution in [3.8, 4) is 0 Å². The Bertz CT molecular complexity index is 237. The van der Waals surface area contributed by atoms with Gasteiger partial charge in [-0.1, -0.05) is 0 Å². The molecule has 2 N–H and O–H groups in total. The molecule has 6 heteroatoms. The van der Waals surface area contributed by atoms with Crippen molar-refractivity contribution in [2.24, 2.45) is 0 Å². The third-order valence-corrected chi connectivity index (χ3v) is 1.78. The molecular formula is C9H17NO4S. The summed E-state index contributed by atoms with van der Waals surface area (Å²) in [5.74, 6) is -0.366. The van der Waals surface area contributed by atoms with Gasteiger partial charge < -0.3 is 15.2 Å². The van der Waals surface area contributed by atoms with Gasteiger partial charge in [0.25, 0.3) is 0 Å². The lowest BCUT2D eigenvalue weighted by Crippen LogP contribution is -2.45. The molecule has 0 heterocycles. The maximum atomic E-state index is 11.2. The Morgan fingerprint density at radius 1 is 1.47 bits per heavy atom. The molecule has 0 aliphatic carbocycles. The number of carbonyl (C=O) groups is 2. The van der Waals surface area contributed by atoms with Gasteiger partial charge in [0.05, 0.1) is 0 Å². The van der Waals surface area contributed by atoms with Crippen LogP contribution < -0.4 is 5.32 Å². The van der Waals surface area contributed by atoms with Crippen LogP contribution in [0.5, 0.6) is 0 Å². The van der Waals surface area contributed by atoms with Crippen LogP contribution in [0.2, 0.25) is 0 Å². The minimum Gasteiger partial charge on any atom is -0.444 e. The van der Waals surface area contributed by atoms with Crippen LogP contribution in [0.3, 0.4) is 0 Å². The molecular weight excluding hydrogens is 218 g/mol. The van der Waals surface area contributed by atoms with Crippen LogP contribution in [0.25, 0.3) is 0 Å². The smallest absolute Gasteiger partial charge is 0.408 e. The van der Waals surface area contributed by atoms with Gasteiger partial charge in [-0.15, -0.1) is 0 Å². The summed E-state index contributed by atoms with van der Waals surface area (Å²) < 4.78 is 4.95. The molecule has 0 aromatic heterocycles. The number of thiol groups is 1. The first kappa shape index (κ1) is 14.2. The van der Waals surface area contributed by atoms with Crippen molar-refractivity contribution < 1.29 is 19.4 Å². The third-order valence-electron chi connectivity index (χ3n) is 1.42. The van der Waals surface area contributed by atoms with Crippen LogP contribution in [-0.4, -0.2) is 41.0 Å². The average Bonchev–Trinajstić information content (AvgIpc) is 2.10. The molecule has 1 amide bonds. The van der Waals surface area contributed by atoms with Crippen molar-refractivity contribution in [3.63, 3.8) is 0 Å². The van der Waals surface area contributed by atoms with Crippen LogP contribution in [-0.2, 0) is 9.53 Å². The number of hydrogen-bond donors (Lipinski definition) is 3. The molecule has 0 saturated heterocycles. The molecule has 15 heavy (non-hydrogen) atoms. The Hall–Kier alpha value is -0.750. The number of aliphatic hydroxyl groups is 1. The lowest BCUT2D eigenvalue weighted by Gasteiger charge is -2.22. The van der Waals surface area contributed by atoms with E-state index in [1.807, 2.05) is 0 Å². The Morgan fingerprint density at radius 3 is 2.33 bits per heavy atom. The fourth-order valence-corrected chi connectivity index (χ4v) is 1.08. The molecule has 0 fully saturated rings. The van der Waals surface area contributed by atoms with Gasteiger partial charge in [-0.2, -0.15) is 12.6 Å². The Morgan fingerprint density at radius 2 is 2.00 bits per heavy atom. The molecule has 0 aromatic carbocycles. The van der Waals surface area contributed by atoms with E-state index in [2.05, 4.69) is 17.9 Å². The quantitative estimate of drug-likeness (QED) is 0.615. The number of hydrogen-bond acceptors (Lipinski definition) is 5. The summed E-state index contributed by atoms with van der Waals surface area (Å²) in [5.41, 5.74) is -0.618.